The van der Waals surface area contributed by atoms with Gasteiger partial charge in [0.1, 0.15) is 10.6 Å². The van der Waals surface area contributed by atoms with Crippen LogP contribution >= 0.6 is 11.3 Å². The van der Waals surface area contributed by atoms with Crippen molar-refractivity contribution < 1.29 is 14.0 Å². The highest BCUT2D eigenvalue weighted by Crippen LogP contribution is 2.28. The number of fused-ring (bicyclic) bond motifs is 1. The van der Waals surface area contributed by atoms with Gasteiger partial charge in [-0.05, 0) is 37.6 Å². The van der Waals surface area contributed by atoms with Crippen molar-refractivity contribution in [1.29, 1.82) is 0 Å². The number of amides is 2. The lowest BCUT2D eigenvalue weighted by atomic mass is 10.1. The van der Waals surface area contributed by atoms with Crippen LogP contribution in [0.5, 0.6) is 0 Å². The van der Waals surface area contributed by atoms with Gasteiger partial charge >= 0.3 is 0 Å². The summed E-state index contributed by atoms with van der Waals surface area (Å²) in [5, 5.41) is 10.9. The zero-order chi connectivity index (χ0) is 21.1. The molecule has 0 aliphatic heterocycles. The number of thiophene rings is 1. The van der Waals surface area contributed by atoms with Crippen molar-refractivity contribution in [1.82, 2.24) is 20.4 Å². The molecule has 0 aliphatic carbocycles. The van der Waals surface area contributed by atoms with Crippen LogP contribution in [0.4, 0.5) is 0 Å². The number of carbonyl (C=O) groups excluding carboxylic acids is 2. The van der Waals surface area contributed by atoms with Gasteiger partial charge in [-0.15, -0.1) is 11.3 Å². The maximum absolute atomic E-state index is 12.5. The molecule has 4 rings (SSSR count). The van der Waals surface area contributed by atoms with Gasteiger partial charge in [-0.3, -0.25) is 14.3 Å². The van der Waals surface area contributed by atoms with E-state index in [1.165, 1.54) is 16.9 Å². The third-order valence-corrected chi connectivity index (χ3v) is 5.88. The van der Waals surface area contributed by atoms with Crippen LogP contribution in [0.25, 0.3) is 10.2 Å². The summed E-state index contributed by atoms with van der Waals surface area (Å²) in [6.07, 6.45) is 1.55. The Kier molecular flexibility index (Phi) is 5.67. The van der Waals surface area contributed by atoms with Crippen LogP contribution in [0.15, 0.2) is 53.1 Å². The lowest BCUT2D eigenvalue weighted by Gasteiger charge is -2.05. The number of aromatic nitrogens is 2. The Hall–Kier alpha value is -3.39. The highest BCUT2D eigenvalue weighted by Gasteiger charge is 2.17. The van der Waals surface area contributed by atoms with Crippen LogP contribution < -0.4 is 10.6 Å². The summed E-state index contributed by atoms with van der Waals surface area (Å²) in [5.41, 5.74) is 3.24. The van der Waals surface area contributed by atoms with Crippen LogP contribution in [-0.2, 0) is 17.9 Å². The molecule has 0 radical (unpaired) electrons. The average molecular weight is 423 g/mol. The molecule has 4 aromatic rings. The van der Waals surface area contributed by atoms with Gasteiger partial charge in [-0.25, -0.2) is 0 Å². The molecule has 154 valence electrons. The van der Waals surface area contributed by atoms with Crippen LogP contribution in [0.2, 0.25) is 0 Å². The third-order valence-electron chi connectivity index (χ3n) is 4.73. The summed E-state index contributed by atoms with van der Waals surface area (Å²) < 4.78 is 7.09. The molecule has 0 saturated heterocycles. The first-order valence-corrected chi connectivity index (χ1v) is 10.4. The van der Waals surface area contributed by atoms with E-state index in [-0.39, 0.29) is 18.4 Å². The van der Waals surface area contributed by atoms with Gasteiger partial charge in [0.15, 0.2) is 0 Å². The van der Waals surface area contributed by atoms with Crippen molar-refractivity contribution in [2.45, 2.75) is 26.9 Å². The maximum Gasteiger partial charge on any atom is 0.261 e. The zero-order valence-corrected chi connectivity index (χ0v) is 17.6. The molecule has 2 N–H and O–H groups in total. The second kappa shape index (κ2) is 8.54. The van der Waals surface area contributed by atoms with Gasteiger partial charge in [-0.2, -0.15) is 5.10 Å². The minimum absolute atomic E-state index is 0.0950. The van der Waals surface area contributed by atoms with E-state index in [9.17, 15) is 9.59 Å². The van der Waals surface area contributed by atoms with Crippen molar-refractivity contribution in [2.24, 2.45) is 0 Å². The van der Waals surface area contributed by atoms with E-state index in [4.69, 9.17) is 4.42 Å². The number of rotatable bonds is 7. The number of benzene rings is 1. The zero-order valence-electron chi connectivity index (χ0n) is 16.8. The van der Waals surface area contributed by atoms with E-state index in [2.05, 4.69) is 46.9 Å². The third kappa shape index (κ3) is 4.44. The smallest absolute Gasteiger partial charge is 0.261 e. The first-order chi connectivity index (χ1) is 14.5. The van der Waals surface area contributed by atoms with E-state index in [0.717, 1.165) is 21.5 Å². The number of nitrogens with one attached hydrogen (secondary N) is 2. The quantitative estimate of drug-likeness (QED) is 0.478. The number of aryl methyl sites for hydroxylation is 2. The monoisotopic (exact) mass is 422 g/mol. The van der Waals surface area contributed by atoms with Crippen LogP contribution in [0.3, 0.4) is 0 Å². The van der Waals surface area contributed by atoms with Crippen LogP contribution in [-0.4, -0.2) is 28.1 Å². The predicted octanol–water partition coefficient (Wildman–Crippen LogP) is 3.40. The van der Waals surface area contributed by atoms with E-state index in [1.54, 1.807) is 18.4 Å². The lowest BCUT2D eigenvalue weighted by molar-refractivity contribution is -0.120. The molecule has 2 amide bonds. The molecule has 0 bridgehead atoms. The number of hydrogen-bond acceptors (Lipinski definition) is 5. The van der Waals surface area contributed by atoms with Crippen molar-refractivity contribution in [3.63, 3.8) is 0 Å². The molecule has 8 heteroatoms. The van der Waals surface area contributed by atoms with Crippen LogP contribution in [0.1, 0.15) is 32.3 Å². The minimum atomic E-state index is -0.275. The van der Waals surface area contributed by atoms with Gasteiger partial charge < -0.3 is 15.1 Å². The normalized spacial score (nSPS) is 11.0. The fraction of sp³-hybridized carbons (Fsp3) is 0.227. The first-order valence-electron chi connectivity index (χ1n) is 9.59. The standard InChI is InChI=1S/C22H22N4O3S/c1-14-5-7-16(8-6-14)13-26-22-18(15(2)25-26)10-19(30-22)21(28)24-12-20(27)23-11-17-4-3-9-29-17/h3-10H,11-13H2,1-2H3,(H,23,27)(H,24,28). The minimum Gasteiger partial charge on any atom is -0.467 e. The summed E-state index contributed by atoms with van der Waals surface area (Å²) in [7, 11) is 0. The molecule has 0 fully saturated rings. The largest absolute Gasteiger partial charge is 0.467 e. The molecular formula is C22H22N4O3S. The highest BCUT2D eigenvalue weighted by molar-refractivity contribution is 7.20. The van der Waals surface area contributed by atoms with Gasteiger partial charge in [0, 0.05) is 5.39 Å². The molecule has 3 heterocycles. The molecular weight excluding hydrogens is 400 g/mol. The molecule has 7 nitrogen and oxygen atoms in total. The van der Waals surface area contributed by atoms with Gasteiger partial charge in [-0.1, -0.05) is 29.8 Å². The van der Waals surface area contributed by atoms with Crippen molar-refractivity contribution in [2.75, 3.05) is 6.54 Å². The van der Waals surface area contributed by atoms with Crippen LogP contribution in [0, 0.1) is 13.8 Å². The lowest BCUT2D eigenvalue weighted by Crippen LogP contribution is -2.36. The Balaban J connectivity index is 1.40. The Bertz CT molecular complexity index is 1170. The second-order valence-electron chi connectivity index (χ2n) is 7.10. The Labute approximate surface area is 177 Å². The molecule has 3 aromatic heterocycles. The summed E-state index contributed by atoms with van der Waals surface area (Å²) >= 11 is 1.38. The average Bonchev–Trinajstić information content (AvgIpc) is 3.46. The number of nitrogens with zero attached hydrogens (tertiary/aromatic N) is 2. The van der Waals surface area contributed by atoms with Crippen molar-refractivity contribution >= 4 is 33.4 Å². The maximum atomic E-state index is 12.5. The molecule has 30 heavy (non-hydrogen) atoms. The van der Waals surface area contributed by atoms with Crippen molar-refractivity contribution in [3.8, 4) is 0 Å². The predicted molar refractivity (Wildman–Crippen MR) is 116 cm³/mol. The molecule has 0 unspecified atom stereocenters. The first kappa shape index (κ1) is 19.9. The van der Waals surface area contributed by atoms with E-state index in [1.807, 2.05) is 17.7 Å². The summed E-state index contributed by atoms with van der Waals surface area (Å²) in [5.74, 6) is 0.112. The van der Waals surface area contributed by atoms with Gasteiger partial charge in [0.05, 0.1) is 36.5 Å². The molecule has 1 aromatic carbocycles. The Morgan fingerprint density at radius 1 is 1.13 bits per heavy atom. The summed E-state index contributed by atoms with van der Waals surface area (Å²) in [4.78, 5) is 26.0. The Morgan fingerprint density at radius 2 is 1.93 bits per heavy atom. The van der Waals surface area contributed by atoms with Gasteiger partial charge in [0.25, 0.3) is 5.91 Å². The number of carbonyl (C=O) groups is 2. The van der Waals surface area contributed by atoms with E-state index >= 15 is 0 Å². The van der Waals surface area contributed by atoms with E-state index < -0.39 is 0 Å². The molecule has 0 atom stereocenters. The fourth-order valence-electron chi connectivity index (χ4n) is 3.11. The highest BCUT2D eigenvalue weighted by atomic mass is 32.1. The second-order valence-corrected chi connectivity index (χ2v) is 8.13. The van der Waals surface area contributed by atoms with Gasteiger partial charge in [0.2, 0.25) is 5.91 Å². The number of hydrogen-bond donors (Lipinski definition) is 2. The van der Waals surface area contributed by atoms with Crippen molar-refractivity contribution in [3.05, 3.63) is 76.2 Å². The fourth-order valence-corrected chi connectivity index (χ4v) is 4.18. The summed E-state index contributed by atoms with van der Waals surface area (Å²) in [6, 6.07) is 13.7. The Morgan fingerprint density at radius 3 is 2.67 bits per heavy atom. The molecule has 0 spiro atoms. The SMILES string of the molecule is Cc1ccc(Cn2nc(C)c3cc(C(=O)NCC(=O)NCc4ccco4)sc32)cc1. The van der Waals surface area contributed by atoms with E-state index in [0.29, 0.717) is 23.7 Å². The molecule has 0 aliphatic rings. The number of furan rings is 1. The summed E-state index contributed by atoms with van der Waals surface area (Å²) in [6.45, 7) is 4.83. The topological polar surface area (TPSA) is 89.2 Å². The molecule has 0 saturated carbocycles.